The average Bonchev–Trinajstić information content (AvgIpc) is 2.38. The summed E-state index contributed by atoms with van der Waals surface area (Å²) < 4.78 is 5.52. The molecule has 1 rings (SSSR count). The Morgan fingerprint density at radius 3 is 2.67 bits per heavy atom. The Bertz CT molecular complexity index is 413. The first-order chi connectivity index (χ1) is 8.63. The zero-order chi connectivity index (χ0) is 13.4. The lowest BCUT2D eigenvalue weighted by Crippen LogP contribution is -2.22. The topological polar surface area (TPSA) is 79.9 Å². The van der Waals surface area contributed by atoms with E-state index in [4.69, 9.17) is 15.7 Å². The highest BCUT2D eigenvalue weighted by atomic mass is 16.5. The van der Waals surface area contributed by atoms with Gasteiger partial charge in [-0.25, -0.2) is 0 Å². The van der Waals surface area contributed by atoms with E-state index in [-0.39, 0.29) is 5.84 Å². The number of amidine groups is 1. The summed E-state index contributed by atoms with van der Waals surface area (Å²) in [6.07, 6.45) is 0. The fraction of sp³-hybridized carbons (Fsp3) is 0.308. The van der Waals surface area contributed by atoms with Crippen LogP contribution in [-0.2, 0) is 0 Å². The van der Waals surface area contributed by atoms with Crippen LogP contribution in [0.4, 0.5) is 0 Å². The van der Waals surface area contributed by atoms with Gasteiger partial charge in [0.15, 0.2) is 5.84 Å². The van der Waals surface area contributed by atoms with Crippen molar-refractivity contribution in [2.45, 2.75) is 6.92 Å². The molecule has 0 unspecified atom stereocenters. The summed E-state index contributed by atoms with van der Waals surface area (Å²) in [4.78, 5) is 0. The lowest BCUT2D eigenvalue weighted by molar-refractivity contribution is 0.315. The Hall–Kier alpha value is -2.01. The molecule has 0 amide bonds. The van der Waals surface area contributed by atoms with Gasteiger partial charge in [-0.3, -0.25) is 0 Å². The molecule has 4 N–H and O–H groups in total. The molecule has 18 heavy (non-hydrogen) atoms. The third kappa shape index (κ3) is 4.88. The Labute approximate surface area is 107 Å². The van der Waals surface area contributed by atoms with Crippen LogP contribution in [0.25, 0.3) is 0 Å². The molecule has 0 radical (unpaired) electrons. The van der Waals surface area contributed by atoms with Gasteiger partial charge in [-0.15, -0.1) is 0 Å². The van der Waals surface area contributed by atoms with Gasteiger partial charge in [0, 0.05) is 18.7 Å². The van der Waals surface area contributed by atoms with Crippen molar-refractivity contribution in [3.8, 4) is 5.75 Å². The summed E-state index contributed by atoms with van der Waals surface area (Å²) >= 11 is 0. The van der Waals surface area contributed by atoms with Gasteiger partial charge in [0.2, 0.25) is 0 Å². The quantitative estimate of drug-likeness (QED) is 0.170. The van der Waals surface area contributed by atoms with E-state index < -0.39 is 0 Å². The summed E-state index contributed by atoms with van der Waals surface area (Å²) in [5.41, 5.74) is 7.21. The number of rotatable bonds is 7. The molecule has 0 heterocycles. The van der Waals surface area contributed by atoms with Crippen molar-refractivity contribution in [1.29, 1.82) is 0 Å². The van der Waals surface area contributed by atoms with Crippen LogP contribution in [0.2, 0.25) is 0 Å². The van der Waals surface area contributed by atoms with Crippen molar-refractivity contribution in [3.63, 3.8) is 0 Å². The Morgan fingerprint density at radius 2 is 2.11 bits per heavy atom. The maximum absolute atomic E-state index is 8.52. The highest BCUT2D eigenvalue weighted by Gasteiger charge is 1.99. The van der Waals surface area contributed by atoms with Crippen molar-refractivity contribution in [3.05, 3.63) is 42.0 Å². The van der Waals surface area contributed by atoms with Gasteiger partial charge < -0.3 is 21.0 Å². The SMILES string of the molecule is C=C(C)CNCCOc1ccc(/C(N)=N/O)cc1. The zero-order valence-corrected chi connectivity index (χ0v) is 10.5. The second kappa shape index (κ2) is 7.34. The normalized spacial score (nSPS) is 11.3. The monoisotopic (exact) mass is 249 g/mol. The summed E-state index contributed by atoms with van der Waals surface area (Å²) in [7, 11) is 0. The number of nitrogens with zero attached hydrogens (tertiary/aromatic N) is 1. The molecule has 0 aliphatic rings. The zero-order valence-electron chi connectivity index (χ0n) is 10.5. The molecule has 0 aliphatic carbocycles. The molecule has 0 bridgehead atoms. The van der Waals surface area contributed by atoms with E-state index in [0.29, 0.717) is 12.2 Å². The molecule has 0 aromatic heterocycles. The van der Waals surface area contributed by atoms with Crippen LogP contribution in [0.3, 0.4) is 0 Å². The molecule has 0 fully saturated rings. The van der Waals surface area contributed by atoms with Crippen molar-refractivity contribution in [2.75, 3.05) is 19.7 Å². The molecule has 5 heteroatoms. The smallest absolute Gasteiger partial charge is 0.170 e. The summed E-state index contributed by atoms with van der Waals surface area (Å²) in [6, 6.07) is 7.05. The minimum absolute atomic E-state index is 0.0877. The lowest BCUT2D eigenvalue weighted by atomic mass is 10.2. The molecule has 0 aliphatic heterocycles. The van der Waals surface area contributed by atoms with E-state index in [1.165, 1.54) is 0 Å². The number of hydrogen-bond acceptors (Lipinski definition) is 4. The van der Waals surface area contributed by atoms with E-state index in [1.54, 1.807) is 24.3 Å². The van der Waals surface area contributed by atoms with Gasteiger partial charge >= 0.3 is 0 Å². The summed E-state index contributed by atoms with van der Waals surface area (Å²) in [6.45, 7) is 7.91. The predicted octanol–water partition coefficient (Wildman–Crippen LogP) is 1.33. The molecule has 5 nitrogen and oxygen atoms in total. The van der Waals surface area contributed by atoms with Gasteiger partial charge in [-0.05, 0) is 31.2 Å². The maximum Gasteiger partial charge on any atom is 0.170 e. The molecular formula is C13H19N3O2. The molecule has 1 aromatic carbocycles. The van der Waals surface area contributed by atoms with Gasteiger partial charge in [-0.2, -0.15) is 0 Å². The minimum atomic E-state index is 0.0877. The second-order valence-electron chi connectivity index (χ2n) is 3.99. The fourth-order valence-electron chi connectivity index (χ4n) is 1.32. The first-order valence-electron chi connectivity index (χ1n) is 5.69. The highest BCUT2D eigenvalue weighted by molar-refractivity contribution is 5.97. The van der Waals surface area contributed by atoms with Crippen LogP contribution in [0.15, 0.2) is 41.6 Å². The van der Waals surface area contributed by atoms with Crippen molar-refractivity contribution in [1.82, 2.24) is 5.32 Å². The maximum atomic E-state index is 8.52. The van der Waals surface area contributed by atoms with Gasteiger partial charge in [0.1, 0.15) is 12.4 Å². The average molecular weight is 249 g/mol. The van der Waals surface area contributed by atoms with E-state index in [2.05, 4.69) is 17.1 Å². The van der Waals surface area contributed by atoms with Crippen LogP contribution < -0.4 is 15.8 Å². The van der Waals surface area contributed by atoms with Crippen molar-refractivity contribution in [2.24, 2.45) is 10.9 Å². The Morgan fingerprint density at radius 1 is 1.44 bits per heavy atom. The number of benzene rings is 1. The summed E-state index contributed by atoms with van der Waals surface area (Å²) in [5, 5.41) is 14.6. The predicted molar refractivity (Wildman–Crippen MR) is 72.1 cm³/mol. The van der Waals surface area contributed by atoms with Crippen molar-refractivity contribution < 1.29 is 9.94 Å². The number of nitrogens with two attached hydrogens (primary N) is 1. The Balaban J connectivity index is 2.33. The van der Waals surface area contributed by atoms with Crippen LogP contribution in [0.5, 0.6) is 5.75 Å². The number of nitrogens with one attached hydrogen (secondary N) is 1. The van der Waals surface area contributed by atoms with E-state index in [0.717, 1.165) is 24.4 Å². The number of hydrogen-bond donors (Lipinski definition) is 3. The molecule has 98 valence electrons. The molecule has 0 atom stereocenters. The van der Waals surface area contributed by atoms with Gasteiger partial charge in [0.05, 0.1) is 0 Å². The van der Waals surface area contributed by atoms with Gasteiger partial charge in [-0.1, -0.05) is 17.3 Å². The van der Waals surface area contributed by atoms with Crippen LogP contribution in [-0.4, -0.2) is 30.7 Å². The van der Waals surface area contributed by atoms with E-state index in [9.17, 15) is 0 Å². The second-order valence-corrected chi connectivity index (χ2v) is 3.99. The summed E-state index contributed by atoms with van der Waals surface area (Å²) in [5.74, 6) is 0.839. The minimum Gasteiger partial charge on any atom is -0.492 e. The number of ether oxygens (including phenoxy) is 1. The fourth-order valence-corrected chi connectivity index (χ4v) is 1.32. The third-order valence-electron chi connectivity index (χ3n) is 2.23. The van der Waals surface area contributed by atoms with Crippen LogP contribution >= 0.6 is 0 Å². The molecule has 1 aromatic rings. The highest BCUT2D eigenvalue weighted by Crippen LogP contribution is 2.11. The van der Waals surface area contributed by atoms with E-state index >= 15 is 0 Å². The molecule has 0 saturated carbocycles. The largest absolute Gasteiger partial charge is 0.492 e. The van der Waals surface area contributed by atoms with Crippen LogP contribution in [0, 0.1) is 0 Å². The van der Waals surface area contributed by atoms with Gasteiger partial charge in [0.25, 0.3) is 0 Å². The third-order valence-corrected chi connectivity index (χ3v) is 2.23. The Kier molecular flexibility index (Phi) is 5.73. The van der Waals surface area contributed by atoms with Crippen LogP contribution in [0.1, 0.15) is 12.5 Å². The van der Waals surface area contributed by atoms with Crippen molar-refractivity contribution >= 4 is 5.84 Å². The first kappa shape index (κ1) is 14.1. The molecule has 0 spiro atoms. The first-order valence-corrected chi connectivity index (χ1v) is 5.69. The molecular weight excluding hydrogens is 230 g/mol. The van der Waals surface area contributed by atoms with E-state index in [1.807, 2.05) is 6.92 Å². The molecule has 0 saturated heterocycles. The number of oxime groups is 1. The lowest BCUT2D eigenvalue weighted by Gasteiger charge is -2.08. The standard InChI is InChI=1S/C13H19N3O2/c1-10(2)9-15-7-8-18-12-5-3-11(4-6-12)13(14)16-17/h3-6,15,17H,1,7-9H2,2H3,(H2,14,16).